The molecule has 0 amide bonds. The Labute approximate surface area is 207 Å². The third-order valence-electron chi connectivity index (χ3n) is 6.13. The molecule has 0 fully saturated rings. The first-order valence-corrected chi connectivity index (χ1v) is 11.2. The van der Waals surface area contributed by atoms with Crippen molar-refractivity contribution in [3.8, 4) is 40.2 Å². The highest BCUT2D eigenvalue weighted by molar-refractivity contribution is 5.73. The van der Waals surface area contributed by atoms with Gasteiger partial charge in [0.2, 0.25) is 0 Å². The number of phenolic OH excluding ortho intramolecular Hbond substituents is 5. The standard InChI is InChI=1S/C29H24O7/c1-35-24-13-19(12-23(33)15-24)29-27(18-10-21(31)14-22(32)11-18)28-25(34)8-17(9-26(28)36-29)3-2-16-4-6-20(30)7-5-16/h2-15,27,29-34H,1H3/t27-,29+/m0/s1. The van der Waals surface area contributed by atoms with Crippen LogP contribution in [0.1, 0.15) is 39.8 Å². The monoisotopic (exact) mass is 484 g/mol. The summed E-state index contributed by atoms with van der Waals surface area (Å²) in [4.78, 5) is 0. The summed E-state index contributed by atoms with van der Waals surface area (Å²) in [5.74, 6) is 0.166. The Morgan fingerprint density at radius 1 is 0.667 bits per heavy atom. The van der Waals surface area contributed by atoms with Crippen LogP contribution in [-0.4, -0.2) is 32.6 Å². The van der Waals surface area contributed by atoms with Crippen LogP contribution in [0, 0.1) is 0 Å². The predicted molar refractivity (Wildman–Crippen MR) is 135 cm³/mol. The lowest BCUT2D eigenvalue weighted by Gasteiger charge is -2.21. The molecule has 5 rings (SSSR count). The maximum absolute atomic E-state index is 11.1. The van der Waals surface area contributed by atoms with Gasteiger partial charge in [-0.05, 0) is 65.2 Å². The van der Waals surface area contributed by atoms with Gasteiger partial charge in [0.15, 0.2) is 0 Å². The van der Waals surface area contributed by atoms with E-state index in [1.807, 2.05) is 12.2 Å². The lowest BCUT2D eigenvalue weighted by atomic mass is 9.84. The third-order valence-corrected chi connectivity index (χ3v) is 6.13. The van der Waals surface area contributed by atoms with Gasteiger partial charge in [0.1, 0.15) is 46.4 Å². The van der Waals surface area contributed by atoms with E-state index in [1.165, 1.54) is 31.4 Å². The van der Waals surface area contributed by atoms with Gasteiger partial charge in [-0.25, -0.2) is 0 Å². The summed E-state index contributed by atoms with van der Waals surface area (Å²) in [7, 11) is 1.49. The Morgan fingerprint density at radius 2 is 1.31 bits per heavy atom. The smallest absolute Gasteiger partial charge is 0.135 e. The van der Waals surface area contributed by atoms with Crippen molar-refractivity contribution < 1.29 is 35.0 Å². The van der Waals surface area contributed by atoms with Crippen LogP contribution < -0.4 is 9.47 Å². The van der Waals surface area contributed by atoms with Crippen LogP contribution in [0.4, 0.5) is 0 Å². The number of benzene rings is 4. The number of rotatable bonds is 5. The first-order chi connectivity index (χ1) is 17.3. The average Bonchev–Trinajstić information content (AvgIpc) is 3.23. The largest absolute Gasteiger partial charge is 0.508 e. The molecule has 1 aliphatic rings. The van der Waals surface area contributed by atoms with Crippen molar-refractivity contribution in [3.63, 3.8) is 0 Å². The number of ether oxygens (including phenoxy) is 2. The molecule has 0 radical (unpaired) electrons. The Balaban J connectivity index is 1.61. The van der Waals surface area contributed by atoms with Gasteiger partial charge in [-0.15, -0.1) is 0 Å². The highest BCUT2D eigenvalue weighted by Gasteiger charge is 2.40. The summed E-state index contributed by atoms with van der Waals surface area (Å²) in [5.41, 5.74) is 3.17. The molecule has 1 aliphatic heterocycles. The highest BCUT2D eigenvalue weighted by Crippen LogP contribution is 2.54. The summed E-state index contributed by atoms with van der Waals surface area (Å²) in [6, 6.07) is 19.1. The van der Waals surface area contributed by atoms with Crippen molar-refractivity contribution in [2.24, 2.45) is 0 Å². The van der Waals surface area contributed by atoms with Crippen molar-refractivity contribution in [3.05, 3.63) is 101 Å². The molecule has 7 heteroatoms. The lowest BCUT2D eigenvalue weighted by Crippen LogP contribution is -2.11. The van der Waals surface area contributed by atoms with Gasteiger partial charge in [-0.3, -0.25) is 0 Å². The van der Waals surface area contributed by atoms with Gasteiger partial charge in [0, 0.05) is 23.3 Å². The van der Waals surface area contributed by atoms with Crippen LogP contribution in [0.5, 0.6) is 40.2 Å². The fraction of sp³-hybridized carbons (Fsp3) is 0.103. The van der Waals surface area contributed by atoms with Gasteiger partial charge in [-0.2, -0.15) is 0 Å². The predicted octanol–water partition coefficient (Wildman–Crippen LogP) is 5.66. The van der Waals surface area contributed by atoms with Gasteiger partial charge < -0.3 is 35.0 Å². The molecule has 2 atom stereocenters. The van der Waals surface area contributed by atoms with E-state index in [-0.39, 0.29) is 28.7 Å². The summed E-state index contributed by atoms with van der Waals surface area (Å²) >= 11 is 0. The minimum Gasteiger partial charge on any atom is -0.508 e. The Kier molecular flexibility index (Phi) is 5.82. The van der Waals surface area contributed by atoms with E-state index < -0.39 is 12.0 Å². The van der Waals surface area contributed by atoms with E-state index >= 15 is 0 Å². The normalized spacial score (nSPS) is 16.6. The molecule has 4 aromatic rings. The van der Waals surface area contributed by atoms with E-state index in [1.54, 1.807) is 48.5 Å². The van der Waals surface area contributed by atoms with E-state index in [0.717, 1.165) is 5.56 Å². The summed E-state index contributed by atoms with van der Waals surface area (Å²) in [5, 5.41) is 51.1. The van der Waals surface area contributed by atoms with Crippen LogP contribution in [-0.2, 0) is 0 Å². The number of hydrogen-bond acceptors (Lipinski definition) is 7. The summed E-state index contributed by atoms with van der Waals surface area (Å²) in [6.07, 6.45) is 2.97. The van der Waals surface area contributed by atoms with Crippen LogP contribution in [0.2, 0.25) is 0 Å². The molecule has 0 saturated carbocycles. The maximum atomic E-state index is 11.1. The Hall–Kier alpha value is -4.78. The van der Waals surface area contributed by atoms with Gasteiger partial charge in [0.25, 0.3) is 0 Å². The fourth-order valence-corrected chi connectivity index (χ4v) is 4.56. The second-order valence-corrected chi connectivity index (χ2v) is 8.64. The topological polar surface area (TPSA) is 120 Å². The van der Waals surface area contributed by atoms with Crippen molar-refractivity contribution in [2.45, 2.75) is 12.0 Å². The number of hydrogen-bond donors (Lipinski definition) is 5. The molecule has 0 unspecified atom stereocenters. The van der Waals surface area contributed by atoms with Crippen LogP contribution in [0.3, 0.4) is 0 Å². The molecule has 0 saturated heterocycles. The van der Waals surface area contributed by atoms with E-state index in [2.05, 4.69) is 0 Å². The molecule has 0 bridgehead atoms. The number of aromatic hydroxyl groups is 5. The third kappa shape index (κ3) is 4.46. The molecule has 4 aromatic carbocycles. The van der Waals surface area contributed by atoms with Crippen LogP contribution >= 0.6 is 0 Å². The first kappa shape index (κ1) is 23.0. The highest BCUT2D eigenvalue weighted by atomic mass is 16.5. The minimum absolute atomic E-state index is 0.0110. The van der Waals surface area contributed by atoms with Crippen LogP contribution in [0.15, 0.2) is 72.8 Å². The molecule has 36 heavy (non-hydrogen) atoms. The number of methoxy groups -OCH3 is 1. The van der Waals surface area contributed by atoms with Gasteiger partial charge >= 0.3 is 0 Å². The summed E-state index contributed by atoms with van der Waals surface area (Å²) < 4.78 is 11.6. The van der Waals surface area contributed by atoms with E-state index in [9.17, 15) is 25.5 Å². The molecule has 5 N–H and O–H groups in total. The van der Waals surface area contributed by atoms with E-state index in [0.29, 0.717) is 33.8 Å². The zero-order valence-electron chi connectivity index (χ0n) is 19.3. The first-order valence-electron chi connectivity index (χ1n) is 11.2. The lowest BCUT2D eigenvalue weighted by molar-refractivity contribution is 0.221. The second kappa shape index (κ2) is 9.11. The Bertz CT molecular complexity index is 1440. The van der Waals surface area contributed by atoms with Gasteiger partial charge in [0.05, 0.1) is 13.0 Å². The molecule has 182 valence electrons. The maximum Gasteiger partial charge on any atom is 0.135 e. The van der Waals surface area contributed by atoms with Crippen molar-refractivity contribution in [1.29, 1.82) is 0 Å². The molecule has 7 nitrogen and oxygen atoms in total. The molecule has 0 aromatic heterocycles. The number of phenols is 5. The van der Waals surface area contributed by atoms with Crippen molar-refractivity contribution >= 4 is 12.2 Å². The van der Waals surface area contributed by atoms with E-state index in [4.69, 9.17) is 9.47 Å². The zero-order valence-corrected chi connectivity index (χ0v) is 19.3. The quantitative estimate of drug-likeness (QED) is 0.232. The Morgan fingerprint density at radius 3 is 2.00 bits per heavy atom. The van der Waals surface area contributed by atoms with Crippen molar-refractivity contribution in [2.75, 3.05) is 7.11 Å². The molecular weight excluding hydrogens is 460 g/mol. The molecule has 1 heterocycles. The fourth-order valence-electron chi connectivity index (χ4n) is 4.56. The minimum atomic E-state index is -0.690. The van der Waals surface area contributed by atoms with Gasteiger partial charge in [-0.1, -0.05) is 24.3 Å². The SMILES string of the molecule is COc1cc(O)cc([C@H]2Oc3cc(C=Cc4ccc(O)cc4)cc(O)c3[C@@H]2c2cc(O)cc(O)c2)c1. The second-order valence-electron chi connectivity index (χ2n) is 8.64. The molecular formula is C29H24O7. The average molecular weight is 485 g/mol. The van der Waals surface area contributed by atoms with Crippen LogP contribution in [0.25, 0.3) is 12.2 Å². The molecule has 0 spiro atoms. The number of fused-ring (bicyclic) bond motifs is 1. The van der Waals surface area contributed by atoms with Crippen molar-refractivity contribution in [1.82, 2.24) is 0 Å². The molecule has 0 aliphatic carbocycles. The zero-order chi connectivity index (χ0) is 25.4. The summed E-state index contributed by atoms with van der Waals surface area (Å²) in [6.45, 7) is 0.